The van der Waals surface area contributed by atoms with Crippen molar-refractivity contribution in [3.8, 4) is 0 Å². The van der Waals surface area contributed by atoms with Crippen LogP contribution in [0.5, 0.6) is 0 Å². The Hall–Kier alpha value is -2.15. The normalized spacial score (nSPS) is 16.0. The number of likely N-dealkylation sites (tertiary alicyclic amines) is 1. The molecule has 1 aromatic heterocycles. The Kier molecular flexibility index (Phi) is 5.77. The van der Waals surface area contributed by atoms with E-state index in [1.165, 1.54) is 14.2 Å². The van der Waals surface area contributed by atoms with Gasteiger partial charge in [-0.15, -0.1) is 0 Å². The molecule has 1 N–H and O–H groups in total. The van der Waals surface area contributed by atoms with Gasteiger partial charge in [-0.25, -0.2) is 4.79 Å². The van der Waals surface area contributed by atoms with Crippen LogP contribution in [0.3, 0.4) is 0 Å². The number of nitrogens with one attached hydrogen (secondary N) is 1. The molecule has 1 fully saturated rings. The zero-order valence-electron chi connectivity index (χ0n) is 14.6. The van der Waals surface area contributed by atoms with Crippen LogP contribution in [-0.4, -0.2) is 61.5 Å². The van der Waals surface area contributed by atoms with Crippen LogP contribution >= 0.6 is 0 Å². The molecule has 0 spiro atoms. The van der Waals surface area contributed by atoms with E-state index in [1.54, 1.807) is 13.8 Å². The highest BCUT2D eigenvalue weighted by molar-refractivity contribution is 6.02. The number of ketones is 1. The van der Waals surface area contributed by atoms with Crippen LogP contribution in [0.1, 0.15) is 44.9 Å². The average molecular weight is 336 g/mol. The van der Waals surface area contributed by atoms with E-state index in [0.29, 0.717) is 48.4 Å². The molecule has 0 unspecified atom stereocenters. The van der Waals surface area contributed by atoms with E-state index in [4.69, 9.17) is 9.47 Å². The van der Waals surface area contributed by atoms with Crippen molar-refractivity contribution in [2.75, 3.05) is 33.9 Å². The van der Waals surface area contributed by atoms with Crippen molar-refractivity contribution in [1.29, 1.82) is 0 Å². The summed E-state index contributed by atoms with van der Waals surface area (Å²) in [5.41, 5.74) is 2.12. The van der Waals surface area contributed by atoms with E-state index < -0.39 is 5.97 Å². The fraction of sp³-hybridized carbons (Fsp3) is 0.588. The number of esters is 2. The zero-order valence-corrected chi connectivity index (χ0v) is 14.6. The third kappa shape index (κ3) is 3.67. The van der Waals surface area contributed by atoms with Gasteiger partial charge >= 0.3 is 11.9 Å². The number of carbonyl (C=O) groups excluding carboxylic acids is 3. The summed E-state index contributed by atoms with van der Waals surface area (Å²) in [6.45, 7) is 5.10. The van der Waals surface area contributed by atoms with Gasteiger partial charge in [-0.3, -0.25) is 14.5 Å². The van der Waals surface area contributed by atoms with Gasteiger partial charge in [0.15, 0.2) is 5.78 Å². The molecule has 0 aromatic carbocycles. The van der Waals surface area contributed by atoms with E-state index in [0.717, 1.165) is 0 Å². The summed E-state index contributed by atoms with van der Waals surface area (Å²) < 4.78 is 9.53. The molecule has 24 heavy (non-hydrogen) atoms. The summed E-state index contributed by atoms with van der Waals surface area (Å²) >= 11 is 0. The first-order chi connectivity index (χ1) is 11.4. The number of nitrogens with zero attached hydrogens (tertiary/aromatic N) is 1. The minimum absolute atomic E-state index is 0.0673. The molecule has 1 saturated heterocycles. The molecule has 1 aliphatic heterocycles. The molecule has 132 valence electrons. The second-order valence-electron chi connectivity index (χ2n) is 6.11. The van der Waals surface area contributed by atoms with Gasteiger partial charge in [0, 0.05) is 5.69 Å². The fourth-order valence-corrected chi connectivity index (χ4v) is 3.21. The number of H-pyrrole nitrogens is 1. The van der Waals surface area contributed by atoms with Gasteiger partial charge in [-0.1, -0.05) is 0 Å². The number of piperidine rings is 1. The van der Waals surface area contributed by atoms with Crippen molar-refractivity contribution in [2.24, 2.45) is 5.92 Å². The van der Waals surface area contributed by atoms with Crippen LogP contribution in [0.4, 0.5) is 0 Å². The largest absolute Gasteiger partial charge is 0.469 e. The number of methoxy groups -OCH3 is 2. The quantitative estimate of drug-likeness (QED) is 0.647. The summed E-state index contributed by atoms with van der Waals surface area (Å²) in [5, 5.41) is 0. The molecule has 2 heterocycles. The molecule has 7 heteroatoms. The lowest BCUT2D eigenvalue weighted by molar-refractivity contribution is -0.147. The zero-order chi connectivity index (χ0) is 17.9. The summed E-state index contributed by atoms with van der Waals surface area (Å²) in [7, 11) is 2.72. The van der Waals surface area contributed by atoms with Gasteiger partial charge < -0.3 is 14.5 Å². The highest BCUT2D eigenvalue weighted by Gasteiger charge is 2.28. The van der Waals surface area contributed by atoms with Crippen molar-refractivity contribution < 1.29 is 23.9 Å². The number of hydrogen-bond donors (Lipinski definition) is 1. The highest BCUT2D eigenvalue weighted by Crippen LogP contribution is 2.22. The first-order valence-corrected chi connectivity index (χ1v) is 7.99. The molecule has 1 aromatic rings. The molecule has 0 amide bonds. The summed E-state index contributed by atoms with van der Waals surface area (Å²) in [6.07, 6.45) is 1.38. The molecule has 0 aliphatic carbocycles. The Balaban J connectivity index is 2.02. The summed E-state index contributed by atoms with van der Waals surface area (Å²) in [4.78, 5) is 40.9. The number of hydrogen-bond acceptors (Lipinski definition) is 6. The standard InChI is InChI=1S/C17H24N2O5/c1-10-14(17(22)24-4)11(2)18-15(10)13(20)9-19-7-5-12(6-8-19)16(21)23-3/h12,18H,5-9H2,1-4H3. The van der Waals surface area contributed by atoms with Crippen LogP contribution in [-0.2, 0) is 14.3 Å². The monoisotopic (exact) mass is 336 g/mol. The molecule has 0 radical (unpaired) electrons. The van der Waals surface area contributed by atoms with Gasteiger partial charge in [0.1, 0.15) is 0 Å². The molecule has 0 bridgehead atoms. The second-order valence-corrected chi connectivity index (χ2v) is 6.11. The number of ether oxygens (including phenoxy) is 2. The topological polar surface area (TPSA) is 88.7 Å². The van der Waals surface area contributed by atoms with Gasteiger partial charge in [-0.2, -0.15) is 0 Å². The number of aromatic amines is 1. The predicted molar refractivity (Wildman–Crippen MR) is 87.1 cm³/mol. The predicted octanol–water partition coefficient (Wildman–Crippen LogP) is 1.49. The average Bonchev–Trinajstić information content (AvgIpc) is 2.88. The summed E-state index contributed by atoms with van der Waals surface area (Å²) in [6, 6.07) is 0. The van der Waals surface area contributed by atoms with E-state index in [-0.39, 0.29) is 24.2 Å². The smallest absolute Gasteiger partial charge is 0.339 e. The fourth-order valence-electron chi connectivity index (χ4n) is 3.21. The number of carbonyl (C=O) groups is 3. The van der Waals surface area contributed by atoms with Crippen molar-refractivity contribution >= 4 is 17.7 Å². The van der Waals surface area contributed by atoms with Crippen LogP contribution in [0.15, 0.2) is 0 Å². The SMILES string of the molecule is COC(=O)c1c(C)[nH]c(C(=O)CN2CCC(C(=O)OC)CC2)c1C. The van der Waals surface area contributed by atoms with Gasteiger partial charge in [-0.05, 0) is 45.3 Å². The molecule has 7 nitrogen and oxygen atoms in total. The number of aromatic nitrogens is 1. The lowest BCUT2D eigenvalue weighted by Gasteiger charge is -2.29. The maximum atomic E-state index is 12.6. The van der Waals surface area contributed by atoms with Crippen LogP contribution in [0.2, 0.25) is 0 Å². The maximum Gasteiger partial charge on any atom is 0.339 e. The van der Waals surface area contributed by atoms with E-state index in [2.05, 4.69) is 4.98 Å². The van der Waals surface area contributed by atoms with Crippen molar-refractivity contribution in [2.45, 2.75) is 26.7 Å². The number of Topliss-reactive ketones (excluding diaryl/α,β-unsaturated/α-hetero) is 1. The Morgan fingerprint density at radius 2 is 1.75 bits per heavy atom. The Bertz CT molecular complexity index is 642. The number of rotatable bonds is 5. The molecule has 0 atom stereocenters. The van der Waals surface area contributed by atoms with Gasteiger partial charge in [0.05, 0.1) is 37.9 Å². The first kappa shape index (κ1) is 18.2. The highest BCUT2D eigenvalue weighted by atomic mass is 16.5. The van der Waals surface area contributed by atoms with Gasteiger partial charge in [0.2, 0.25) is 0 Å². The van der Waals surface area contributed by atoms with Crippen LogP contribution in [0, 0.1) is 19.8 Å². The van der Waals surface area contributed by atoms with Crippen molar-refractivity contribution in [1.82, 2.24) is 9.88 Å². The second kappa shape index (κ2) is 7.61. The third-order valence-electron chi connectivity index (χ3n) is 4.60. The minimum Gasteiger partial charge on any atom is -0.469 e. The molecule has 1 aliphatic rings. The van der Waals surface area contributed by atoms with E-state index in [9.17, 15) is 14.4 Å². The van der Waals surface area contributed by atoms with E-state index in [1.807, 2.05) is 4.90 Å². The number of aryl methyl sites for hydroxylation is 1. The van der Waals surface area contributed by atoms with E-state index >= 15 is 0 Å². The Morgan fingerprint density at radius 3 is 2.29 bits per heavy atom. The third-order valence-corrected chi connectivity index (χ3v) is 4.60. The lowest BCUT2D eigenvalue weighted by atomic mass is 9.96. The summed E-state index contributed by atoms with van der Waals surface area (Å²) in [5.74, 6) is -0.775. The molecule has 2 rings (SSSR count). The maximum absolute atomic E-state index is 12.6. The van der Waals surface area contributed by atoms with Crippen LogP contribution < -0.4 is 0 Å². The molecular formula is C17H24N2O5. The van der Waals surface area contributed by atoms with Crippen molar-refractivity contribution in [3.63, 3.8) is 0 Å². The van der Waals surface area contributed by atoms with Crippen molar-refractivity contribution in [3.05, 3.63) is 22.5 Å². The Morgan fingerprint density at radius 1 is 1.12 bits per heavy atom. The lowest BCUT2D eigenvalue weighted by Crippen LogP contribution is -2.39. The van der Waals surface area contributed by atoms with Crippen LogP contribution in [0.25, 0.3) is 0 Å². The first-order valence-electron chi connectivity index (χ1n) is 7.99. The Labute approximate surface area is 141 Å². The van der Waals surface area contributed by atoms with Gasteiger partial charge in [0.25, 0.3) is 0 Å². The molecular weight excluding hydrogens is 312 g/mol. The minimum atomic E-state index is -0.445. The molecule has 0 saturated carbocycles.